The van der Waals surface area contributed by atoms with Crippen LogP contribution in [-0.4, -0.2) is 38.3 Å². The van der Waals surface area contributed by atoms with Gasteiger partial charge < -0.3 is 4.74 Å². The fraction of sp³-hybridized carbons (Fsp3) is 1.00. The molecule has 0 heterocycles. The van der Waals surface area contributed by atoms with Crippen molar-refractivity contribution >= 4 is 26.0 Å². The summed E-state index contributed by atoms with van der Waals surface area (Å²) in [7, 11) is -3.24. The maximum absolute atomic E-state index is 11.8. The molecule has 1 atom stereocenters. The molecule has 4 nitrogen and oxygen atoms in total. The highest BCUT2D eigenvalue weighted by Crippen LogP contribution is 2.09. The summed E-state index contributed by atoms with van der Waals surface area (Å²) in [6.07, 6.45) is 0.857. The number of sulfonamides is 1. The van der Waals surface area contributed by atoms with Crippen LogP contribution in [0.2, 0.25) is 0 Å². The molecule has 0 aromatic heterocycles. The Balaban J connectivity index is 4.21. The summed E-state index contributed by atoms with van der Waals surface area (Å²) >= 11 is 3.34. The molecule has 0 aliphatic carbocycles. The van der Waals surface area contributed by atoms with Crippen molar-refractivity contribution in [2.24, 2.45) is 5.92 Å². The van der Waals surface area contributed by atoms with E-state index in [1.165, 1.54) is 0 Å². The zero-order valence-electron chi connectivity index (χ0n) is 11.1. The highest BCUT2D eigenvalue weighted by molar-refractivity contribution is 9.09. The third-order valence-electron chi connectivity index (χ3n) is 2.36. The lowest BCUT2D eigenvalue weighted by Gasteiger charge is -2.21. The first-order valence-corrected chi connectivity index (χ1v) is 8.73. The van der Waals surface area contributed by atoms with Crippen molar-refractivity contribution in [3.05, 3.63) is 0 Å². The smallest absolute Gasteiger partial charge is 0.214 e. The van der Waals surface area contributed by atoms with Gasteiger partial charge in [-0.05, 0) is 26.2 Å². The van der Waals surface area contributed by atoms with Crippen molar-refractivity contribution in [1.82, 2.24) is 4.72 Å². The van der Waals surface area contributed by atoms with Crippen LogP contribution in [0.4, 0.5) is 0 Å². The highest BCUT2D eigenvalue weighted by atomic mass is 79.9. The van der Waals surface area contributed by atoms with Gasteiger partial charge in [0.15, 0.2) is 0 Å². The summed E-state index contributed by atoms with van der Waals surface area (Å²) in [6, 6.07) is -0.0153. The van der Waals surface area contributed by atoms with E-state index in [1.807, 2.05) is 27.7 Å². The van der Waals surface area contributed by atoms with Crippen molar-refractivity contribution in [3.63, 3.8) is 0 Å². The topological polar surface area (TPSA) is 55.4 Å². The molecule has 0 rings (SSSR count). The minimum Gasteiger partial charge on any atom is -0.378 e. The van der Waals surface area contributed by atoms with E-state index in [0.29, 0.717) is 0 Å². The molecule has 0 amide bonds. The summed E-state index contributed by atoms with van der Waals surface area (Å²) in [6.45, 7) is 8.05. The Morgan fingerprint density at radius 3 is 2.24 bits per heavy atom. The van der Waals surface area contributed by atoms with Gasteiger partial charge in [0.05, 0.1) is 18.5 Å². The van der Waals surface area contributed by atoms with Crippen molar-refractivity contribution < 1.29 is 13.2 Å². The predicted octanol–water partition coefficient (Wildman–Crippen LogP) is 2.14. The third-order valence-corrected chi connectivity index (χ3v) is 4.18. The van der Waals surface area contributed by atoms with Crippen LogP contribution in [-0.2, 0) is 14.8 Å². The number of halogens is 1. The van der Waals surface area contributed by atoms with Crippen molar-refractivity contribution in [3.8, 4) is 0 Å². The van der Waals surface area contributed by atoms with Crippen molar-refractivity contribution in [1.29, 1.82) is 0 Å². The Morgan fingerprint density at radius 1 is 1.24 bits per heavy atom. The van der Waals surface area contributed by atoms with Crippen LogP contribution in [0.1, 0.15) is 34.1 Å². The number of hydrogen-bond acceptors (Lipinski definition) is 3. The molecule has 0 radical (unpaired) electrons. The van der Waals surface area contributed by atoms with Crippen LogP contribution in [0, 0.1) is 5.92 Å². The summed E-state index contributed by atoms with van der Waals surface area (Å²) in [5.41, 5.74) is 0. The van der Waals surface area contributed by atoms with Gasteiger partial charge in [-0.25, -0.2) is 13.1 Å². The van der Waals surface area contributed by atoms with Crippen molar-refractivity contribution in [2.45, 2.75) is 46.3 Å². The first-order valence-electron chi connectivity index (χ1n) is 5.96. The Labute approximate surface area is 114 Å². The molecule has 1 unspecified atom stereocenters. The van der Waals surface area contributed by atoms with E-state index < -0.39 is 10.0 Å². The maximum atomic E-state index is 11.8. The van der Waals surface area contributed by atoms with Gasteiger partial charge in [-0.3, -0.25) is 0 Å². The van der Waals surface area contributed by atoms with Gasteiger partial charge in [-0.2, -0.15) is 0 Å². The minimum absolute atomic E-state index is 0.0153. The number of rotatable bonds is 9. The lowest BCUT2D eigenvalue weighted by atomic mass is 10.0. The Bertz CT molecular complexity index is 291. The Kier molecular flexibility index (Phi) is 8.63. The first kappa shape index (κ1) is 17.4. The molecule has 0 bridgehead atoms. The van der Waals surface area contributed by atoms with E-state index >= 15 is 0 Å². The van der Waals surface area contributed by atoms with Gasteiger partial charge in [0.1, 0.15) is 0 Å². The van der Waals surface area contributed by atoms with E-state index in [0.717, 1.165) is 11.8 Å². The van der Waals surface area contributed by atoms with Crippen LogP contribution in [0.25, 0.3) is 0 Å². The molecule has 0 aromatic carbocycles. The zero-order chi connectivity index (χ0) is 13.5. The number of alkyl halides is 1. The molecule has 17 heavy (non-hydrogen) atoms. The molecular formula is C11H24BrNO3S. The standard InChI is InChI=1S/C11H24BrNO3S/c1-9(2)11(5-6-12)13-17(14,15)8-7-16-10(3)4/h9-11,13H,5-8H2,1-4H3. The Hall–Kier alpha value is 0.350. The number of hydrogen-bond donors (Lipinski definition) is 1. The second-order valence-corrected chi connectivity index (χ2v) is 7.35. The SMILES string of the molecule is CC(C)OCCS(=O)(=O)NC(CCBr)C(C)C. The average Bonchev–Trinajstić information content (AvgIpc) is 2.15. The fourth-order valence-electron chi connectivity index (χ4n) is 1.33. The van der Waals surface area contributed by atoms with Gasteiger partial charge in [0, 0.05) is 11.4 Å². The zero-order valence-corrected chi connectivity index (χ0v) is 13.5. The maximum Gasteiger partial charge on any atom is 0.214 e. The number of ether oxygens (including phenoxy) is 1. The van der Waals surface area contributed by atoms with E-state index in [-0.39, 0.29) is 30.4 Å². The van der Waals surface area contributed by atoms with E-state index in [9.17, 15) is 8.42 Å². The fourth-order valence-corrected chi connectivity index (χ4v) is 3.11. The quantitative estimate of drug-likeness (QED) is 0.659. The summed E-state index contributed by atoms with van der Waals surface area (Å²) < 4.78 is 31.6. The molecule has 6 heteroatoms. The molecule has 0 spiro atoms. The lowest BCUT2D eigenvalue weighted by molar-refractivity contribution is 0.0911. The average molecular weight is 330 g/mol. The molecule has 0 aliphatic heterocycles. The summed E-state index contributed by atoms with van der Waals surface area (Å²) in [4.78, 5) is 0. The van der Waals surface area contributed by atoms with E-state index in [2.05, 4.69) is 20.7 Å². The van der Waals surface area contributed by atoms with E-state index in [4.69, 9.17) is 4.74 Å². The van der Waals surface area contributed by atoms with Crippen LogP contribution in [0.15, 0.2) is 0 Å². The predicted molar refractivity (Wildman–Crippen MR) is 75.0 cm³/mol. The van der Waals surface area contributed by atoms with Crippen LogP contribution in [0.5, 0.6) is 0 Å². The Morgan fingerprint density at radius 2 is 1.82 bits per heavy atom. The molecular weight excluding hydrogens is 306 g/mol. The first-order chi connectivity index (χ1) is 7.78. The van der Waals surface area contributed by atoms with Crippen molar-refractivity contribution in [2.75, 3.05) is 17.7 Å². The lowest BCUT2D eigenvalue weighted by Crippen LogP contribution is -2.40. The monoisotopic (exact) mass is 329 g/mol. The van der Waals surface area contributed by atoms with Gasteiger partial charge in [-0.1, -0.05) is 29.8 Å². The van der Waals surface area contributed by atoms with Gasteiger partial charge in [0.2, 0.25) is 10.0 Å². The second kappa shape index (κ2) is 8.45. The molecule has 0 aliphatic rings. The summed E-state index contributed by atoms with van der Waals surface area (Å²) in [5, 5.41) is 0.793. The normalized spacial score (nSPS) is 14.5. The molecule has 104 valence electrons. The van der Waals surface area contributed by atoms with E-state index in [1.54, 1.807) is 0 Å². The van der Waals surface area contributed by atoms with Crippen LogP contribution in [0.3, 0.4) is 0 Å². The van der Waals surface area contributed by atoms with Gasteiger partial charge in [-0.15, -0.1) is 0 Å². The largest absolute Gasteiger partial charge is 0.378 e. The van der Waals surface area contributed by atoms with Gasteiger partial charge in [0.25, 0.3) is 0 Å². The highest BCUT2D eigenvalue weighted by Gasteiger charge is 2.20. The van der Waals surface area contributed by atoms with Crippen LogP contribution < -0.4 is 4.72 Å². The molecule has 0 aromatic rings. The minimum atomic E-state index is -3.24. The van der Waals surface area contributed by atoms with Gasteiger partial charge >= 0.3 is 0 Å². The number of nitrogens with one attached hydrogen (secondary N) is 1. The molecule has 0 fully saturated rings. The molecule has 1 N–H and O–H groups in total. The molecule has 0 saturated carbocycles. The second-order valence-electron chi connectivity index (χ2n) is 4.68. The molecule has 0 saturated heterocycles. The van der Waals surface area contributed by atoms with Crippen LogP contribution >= 0.6 is 15.9 Å². The summed E-state index contributed by atoms with van der Waals surface area (Å²) in [5.74, 6) is 0.310. The third kappa shape index (κ3) is 8.99.